The van der Waals surface area contributed by atoms with E-state index < -0.39 is 0 Å². The van der Waals surface area contributed by atoms with Gasteiger partial charge in [-0.05, 0) is 30.5 Å². The van der Waals surface area contributed by atoms with Crippen molar-refractivity contribution in [3.63, 3.8) is 0 Å². The van der Waals surface area contributed by atoms with Crippen LogP contribution in [0.4, 0.5) is 5.69 Å². The molecular formula is C11H13ClN2O. The van der Waals surface area contributed by atoms with E-state index in [0.29, 0.717) is 28.2 Å². The summed E-state index contributed by atoms with van der Waals surface area (Å²) < 4.78 is 0. The minimum absolute atomic E-state index is 0.0762. The van der Waals surface area contributed by atoms with Crippen LogP contribution in [0.25, 0.3) is 0 Å². The smallest absolute Gasteiger partial charge is 0.251 e. The number of benzene rings is 1. The number of amides is 1. The normalized spacial score (nSPS) is 23.6. The van der Waals surface area contributed by atoms with Crippen LogP contribution in [-0.2, 0) is 0 Å². The Morgan fingerprint density at radius 2 is 2.27 bits per heavy atom. The molecule has 1 fully saturated rings. The fraction of sp³-hybridized carbons (Fsp3) is 0.364. The van der Waals surface area contributed by atoms with Gasteiger partial charge < -0.3 is 11.1 Å². The molecule has 4 heteroatoms. The zero-order valence-corrected chi connectivity index (χ0v) is 9.21. The SMILES string of the molecule is CC1CC1NC(=O)c1ccc(Cl)c(N)c1. The number of carbonyl (C=O) groups is 1. The Balaban J connectivity index is 2.08. The number of nitrogens with one attached hydrogen (secondary N) is 1. The lowest BCUT2D eigenvalue weighted by atomic mass is 10.2. The van der Waals surface area contributed by atoms with Crippen molar-refractivity contribution in [2.45, 2.75) is 19.4 Å². The molecule has 0 saturated heterocycles. The molecule has 1 aromatic carbocycles. The molecule has 3 nitrogen and oxygen atoms in total. The van der Waals surface area contributed by atoms with Gasteiger partial charge in [0, 0.05) is 11.6 Å². The van der Waals surface area contributed by atoms with E-state index in [1.807, 2.05) is 0 Å². The summed E-state index contributed by atoms with van der Waals surface area (Å²) in [6, 6.07) is 5.25. The van der Waals surface area contributed by atoms with Crippen LogP contribution in [0.1, 0.15) is 23.7 Å². The van der Waals surface area contributed by atoms with Crippen LogP contribution in [0.3, 0.4) is 0 Å². The van der Waals surface area contributed by atoms with Gasteiger partial charge in [0.2, 0.25) is 0 Å². The number of hydrogen-bond donors (Lipinski definition) is 2. The first-order chi connectivity index (χ1) is 7.08. The van der Waals surface area contributed by atoms with E-state index in [1.165, 1.54) is 0 Å². The summed E-state index contributed by atoms with van der Waals surface area (Å²) in [6.45, 7) is 2.11. The Hall–Kier alpha value is -1.22. The molecule has 1 aromatic rings. The molecule has 80 valence electrons. The molecule has 0 radical (unpaired) electrons. The third-order valence-electron chi connectivity index (χ3n) is 2.68. The third-order valence-corrected chi connectivity index (χ3v) is 3.03. The molecule has 0 bridgehead atoms. The fourth-order valence-electron chi connectivity index (χ4n) is 1.46. The predicted octanol–water partition coefficient (Wildman–Crippen LogP) is 2.06. The zero-order chi connectivity index (χ0) is 11.0. The van der Waals surface area contributed by atoms with Gasteiger partial charge >= 0.3 is 0 Å². The highest BCUT2D eigenvalue weighted by atomic mass is 35.5. The maximum Gasteiger partial charge on any atom is 0.251 e. The van der Waals surface area contributed by atoms with E-state index in [-0.39, 0.29) is 5.91 Å². The summed E-state index contributed by atoms with van der Waals surface area (Å²) in [4.78, 5) is 11.7. The molecule has 1 saturated carbocycles. The van der Waals surface area contributed by atoms with Gasteiger partial charge in [0.1, 0.15) is 0 Å². The van der Waals surface area contributed by atoms with Gasteiger partial charge in [0.25, 0.3) is 5.91 Å². The molecule has 2 unspecified atom stereocenters. The lowest BCUT2D eigenvalue weighted by Gasteiger charge is -2.05. The highest BCUT2D eigenvalue weighted by Crippen LogP contribution is 2.29. The average molecular weight is 225 g/mol. The first-order valence-electron chi connectivity index (χ1n) is 4.94. The van der Waals surface area contributed by atoms with Crippen molar-refractivity contribution in [2.24, 2.45) is 5.92 Å². The Kier molecular flexibility index (Phi) is 2.57. The molecule has 0 heterocycles. The Labute approximate surface area is 93.6 Å². The summed E-state index contributed by atoms with van der Waals surface area (Å²) in [5.41, 5.74) is 6.62. The lowest BCUT2D eigenvalue weighted by molar-refractivity contribution is 0.0949. The predicted molar refractivity (Wildman–Crippen MR) is 60.9 cm³/mol. The number of nitrogen functional groups attached to an aromatic ring is 1. The van der Waals surface area contributed by atoms with Crippen LogP contribution in [0, 0.1) is 5.92 Å². The van der Waals surface area contributed by atoms with Gasteiger partial charge in [0.15, 0.2) is 0 Å². The van der Waals surface area contributed by atoms with Crippen LogP contribution >= 0.6 is 11.6 Å². The summed E-state index contributed by atoms with van der Waals surface area (Å²) in [5.74, 6) is 0.520. The first-order valence-corrected chi connectivity index (χ1v) is 5.31. The molecule has 2 rings (SSSR count). The Morgan fingerprint density at radius 3 is 2.80 bits per heavy atom. The van der Waals surface area contributed by atoms with Crippen molar-refractivity contribution in [3.8, 4) is 0 Å². The summed E-state index contributed by atoms with van der Waals surface area (Å²) >= 11 is 5.77. The van der Waals surface area contributed by atoms with E-state index in [1.54, 1.807) is 18.2 Å². The van der Waals surface area contributed by atoms with Crippen molar-refractivity contribution in [1.82, 2.24) is 5.32 Å². The van der Waals surface area contributed by atoms with Gasteiger partial charge in [-0.25, -0.2) is 0 Å². The maximum atomic E-state index is 11.7. The second-order valence-electron chi connectivity index (χ2n) is 4.03. The number of carbonyl (C=O) groups excluding carboxylic acids is 1. The lowest BCUT2D eigenvalue weighted by Crippen LogP contribution is -2.26. The third kappa shape index (κ3) is 2.23. The average Bonchev–Trinajstić information content (AvgIpc) is 2.86. The van der Waals surface area contributed by atoms with E-state index in [0.717, 1.165) is 6.42 Å². The molecule has 1 aliphatic rings. The number of halogens is 1. The Bertz CT molecular complexity index is 406. The molecule has 0 aliphatic heterocycles. The van der Waals surface area contributed by atoms with Gasteiger partial charge in [-0.15, -0.1) is 0 Å². The number of hydrogen-bond acceptors (Lipinski definition) is 2. The molecule has 1 aliphatic carbocycles. The summed E-state index contributed by atoms with van der Waals surface area (Å²) in [5, 5.41) is 3.41. The number of anilines is 1. The molecule has 15 heavy (non-hydrogen) atoms. The largest absolute Gasteiger partial charge is 0.398 e. The molecule has 1 amide bonds. The van der Waals surface area contributed by atoms with Crippen LogP contribution < -0.4 is 11.1 Å². The van der Waals surface area contributed by atoms with Gasteiger partial charge in [-0.1, -0.05) is 18.5 Å². The Morgan fingerprint density at radius 1 is 1.60 bits per heavy atom. The molecule has 0 spiro atoms. The van der Waals surface area contributed by atoms with Crippen molar-refractivity contribution < 1.29 is 4.79 Å². The van der Waals surface area contributed by atoms with Crippen molar-refractivity contribution in [3.05, 3.63) is 28.8 Å². The summed E-state index contributed by atoms with van der Waals surface area (Å²) in [6.07, 6.45) is 1.06. The second-order valence-corrected chi connectivity index (χ2v) is 4.44. The number of nitrogens with two attached hydrogens (primary N) is 1. The highest BCUT2D eigenvalue weighted by Gasteiger charge is 2.33. The second kappa shape index (κ2) is 3.74. The minimum atomic E-state index is -0.0762. The highest BCUT2D eigenvalue weighted by molar-refractivity contribution is 6.33. The van der Waals surface area contributed by atoms with Crippen LogP contribution in [0.5, 0.6) is 0 Å². The van der Waals surface area contributed by atoms with Crippen molar-refractivity contribution in [1.29, 1.82) is 0 Å². The fourth-order valence-corrected chi connectivity index (χ4v) is 1.58. The monoisotopic (exact) mass is 224 g/mol. The molecule has 3 N–H and O–H groups in total. The van der Waals surface area contributed by atoms with Crippen molar-refractivity contribution in [2.75, 3.05) is 5.73 Å². The van der Waals surface area contributed by atoms with Crippen LogP contribution in [0.2, 0.25) is 5.02 Å². The molecule has 2 atom stereocenters. The van der Waals surface area contributed by atoms with E-state index in [4.69, 9.17) is 17.3 Å². The standard InChI is InChI=1S/C11H13ClN2O/c1-6-4-10(6)14-11(15)7-2-3-8(12)9(13)5-7/h2-3,5-6,10H,4,13H2,1H3,(H,14,15). The van der Waals surface area contributed by atoms with Gasteiger partial charge in [-0.2, -0.15) is 0 Å². The maximum absolute atomic E-state index is 11.7. The quantitative estimate of drug-likeness (QED) is 0.756. The van der Waals surface area contributed by atoms with E-state index >= 15 is 0 Å². The minimum Gasteiger partial charge on any atom is -0.398 e. The van der Waals surface area contributed by atoms with Crippen molar-refractivity contribution >= 4 is 23.2 Å². The van der Waals surface area contributed by atoms with Gasteiger partial charge in [-0.3, -0.25) is 4.79 Å². The number of rotatable bonds is 2. The van der Waals surface area contributed by atoms with E-state index in [9.17, 15) is 4.79 Å². The van der Waals surface area contributed by atoms with Gasteiger partial charge in [0.05, 0.1) is 10.7 Å². The van der Waals surface area contributed by atoms with Crippen LogP contribution in [-0.4, -0.2) is 11.9 Å². The first kappa shape index (κ1) is 10.3. The van der Waals surface area contributed by atoms with E-state index in [2.05, 4.69) is 12.2 Å². The summed E-state index contributed by atoms with van der Waals surface area (Å²) in [7, 11) is 0. The van der Waals surface area contributed by atoms with Crippen LogP contribution in [0.15, 0.2) is 18.2 Å². The topological polar surface area (TPSA) is 55.1 Å². The molecular weight excluding hydrogens is 212 g/mol. The molecule has 0 aromatic heterocycles. The zero-order valence-electron chi connectivity index (χ0n) is 8.46.